The molecule has 3 N–H and O–H groups in total. The number of hydrazone groups is 1. The van der Waals surface area contributed by atoms with Gasteiger partial charge in [0.05, 0.1) is 12.8 Å². The average Bonchev–Trinajstić information content (AvgIpc) is 2.94. The highest BCUT2D eigenvalue weighted by atomic mass is 32.1. The van der Waals surface area contributed by atoms with E-state index in [2.05, 4.69) is 21.5 Å². The maximum absolute atomic E-state index is 5.72. The Hall–Kier alpha value is -1.66. The van der Waals surface area contributed by atoms with Crippen LogP contribution in [-0.4, -0.2) is 35.9 Å². The molecule has 0 unspecified atom stereocenters. The van der Waals surface area contributed by atoms with Crippen LogP contribution in [0.25, 0.3) is 0 Å². The van der Waals surface area contributed by atoms with Gasteiger partial charge in [-0.25, -0.2) is 0 Å². The van der Waals surface area contributed by atoms with Crippen LogP contribution in [0.15, 0.2) is 23.3 Å². The van der Waals surface area contributed by atoms with Crippen LogP contribution >= 0.6 is 12.2 Å². The third-order valence-electron chi connectivity index (χ3n) is 3.37. The highest BCUT2D eigenvalue weighted by Crippen LogP contribution is 2.23. The molecule has 1 aromatic rings. The zero-order valence-electron chi connectivity index (χ0n) is 12.3. The molecule has 1 aromatic carbocycles. The van der Waals surface area contributed by atoms with Crippen molar-refractivity contribution < 1.29 is 4.74 Å². The fraction of sp³-hybridized carbons (Fsp3) is 0.467. The number of benzene rings is 1. The van der Waals surface area contributed by atoms with E-state index in [1.54, 1.807) is 6.21 Å². The van der Waals surface area contributed by atoms with Crippen molar-refractivity contribution in [3.05, 3.63) is 29.3 Å². The van der Waals surface area contributed by atoms with Gasteiger partial charge in [-0.1, -0.05) is 0 Å². The molecule has 0 aromatic heterocycles. The van der Waals surface area contributed by atoms with E-state index in [1.807, 2.05) is 19.1 Å². The second kappa shape index (κ2) is 7.95. The van der Waals surface area contributed by atoms with E-state index in [9.17, 15) is 0 Å². The van der Waals surface area contributed by atoms with Gasteiger partial charge in [0.2, 0.25) is 0 Å². The number of nitrogens with two attached hydrogens (primary N) is 1. The van der Waals surface area contributed by atoms with Crippen LogP contribution in [0.3, 0.4) is 0 Å². The van der Waals surface area contributed by atoms with E-state index in [4.69, 9.17) is 22.7 Å². The van der Waals surface area contributed by atoms with Crippen LogP contribution in [0.4, 0.5) is 0 Å². The molecule has 114 valence electrons. The largest absolute Gasteiger partial charge is 0.494 e. The van der Waals surface area contributed by atoms with Crippen LogP contribution < -0.4 is 15.9 Å². The number of rotatable bonds is 6. The third-order valence-corrected chi connectivity index (χ3v) is 3.46. The summed E-state index contributed by atoms with van der Waals surface area (Å²) in [4.78, 5) is 2.45. The first-order valence-corrected chi connectivity index (χ1v) is 7.66. The lowest BCUT2D eigenvalue weighted by molar-refractivity contribution is 0.305. The second-order valence-corrected chi connectivity index (χ2v) is 5.46. The Bertz CT molecular complexity index is 512. The zero-order valence-corrected chi connectivity index (χ0v) is 13.2. The first-order valence-electron chi connectivity index (χ1n) is 7.25. The van der Waals surface area contributed by atoms with Gasteiger partial charge in [-0.3, -0.25) is 10.3 Å². The molecular weight excluding hydrogens is 284 g/mol. The molecule has 0 bridgehead atoms. The van der Waals surface area contributed by atoms with Gasteiger partial charge >= 0.3 is 0 Å². The van der Waals surface area contributed by atoms with Crippen LogP contribution in [0.2, 0.25) is 0 Å². The lowest BCUT2D eigenvalue weighted by Crippen LogP contribution is -2.24. The predicted octanol–water partition coefficient (Wildman–Crippen LogP) is 1.85. The molecule has 0 radical (unpaired) electrons. The van der Waals surface area contributed by atoms with E-state index in [0.29, 0.717) is 6.61 Å². The Morgan fingerprint density at radius 2 is 2.24 bits per heavy atom. The zero-order chi connectivity index (χ0) is 15.1. The molecule has 1 saturated heterocycles. The number of nitrogens with one attached hydrogen (secondary N) is 1. The highest BCUT2D eigenvalue weighted by Gasteiger charge is 2.14. The smallest absolute Gasteiger partial charge is 0.184 e. The molecule has 0 saturated carbocycles. The van der Waals surface area contributed by atoms with Crippen molar-refractivity contribution in [1.29, 1.82) is 0 Å². The quantitative estimate of drug-likeness (QED) is 0.477. The molecule has 5 nitrogen and oxygen atoms in total. The van der Waals surface area contributed by atoms with Gasteiger partial charge < -0.3 is 10.5 Å². The Kier molecular flexibility index (Phi) is 5.95. The summed E-state index contributed by atoms with van der Waals surface area (Å²) in [5.41, 5.74) is 10.1. The number of likely N-dealkylation sites (tertiary alicyclic amines) is 1. The van der Waals surface area contributed by atoms with Gasteiger partial charge in [0.25, 0.3) is 0 Å². The van der Waals surface area contributed by atoms with Crippen molar-refractivity contribution in [3.8, 4) is 5.75 Å². The highest BCUT2D eigenvalue weighted by molar-refractivity contribution is 7.80. The van der Waals surface area contributed by atoms with Crippen molar-refractivity contribution >= 4 is 23.5 Å². The summed E-state index contributed by atoms with van der Waals surface area (Å²) in [6, 6.07) is 6.08. The normalized spacial score (nSPS) is 15.5. The molecule has 1 aliphatic heterocycles. The fourth-order valence-corrected chi connectivity index (χ4v) is 2.50. The topological polar surface area (TPSA) is 62.9 Å². The van der Waals surface area contributed by atoms with Crippen molar-refractivity contribution in [2.24, 2.45) is 10.8 Å². The van der Waals surface area contributed by atoms with E-state index in [1.165, 1.54) is 18.4 Å². The summed E-state index contributed by atoms with van der Waals surface area (Å²) < 4.78 is 5.72. The monoisotopic (exact) mass is 306 g/mol. The van der Waals surface area contributed by atoms with Crippen molar-refractivity contribution in [3.63, 3.8) is 0 Å². The minimum Gasteiger partial charge on any atom is -0.494 e. The number of hydrogen-bond acceptors (Lipinski definition) is 4. The Labute approximate surface area is 131 Å². The van der Waals surface area contributed by atoms with Gasteiger partial charge in [0.1, 0.15) is 5.75 Å². The standard InChI is InChI=1S/C15H22N4OS/c1-2-20-14-6-5-12(10-17-18-15(16)21)9-13(14)11-19-7-3-4-8-19/h5-6,9-10H,2-4,7-8,11H2,1H3,(H3,16,18,21). The number of hydrogen-bond donors (Lipinski definition) is 2. The van der Waals surface area contributed by atoms with E-state index in [-0.39, 0.29) is 5.11 Å². The van der Waals surface area contributed by atoms with Gasteiger partial charge in [-0.15, -0.1) is 0 Å². The molecule has 2 rings (SSSR count). The first-order chi connectivity index (χ1) is 10.2. The van der Waals surface area contributed by atoms with E-state index < -0.39 is 0 Å². The predicted molar refractivity (Wildman–Crippen MR) is 89.6 cm³/mol. The molecule has 0 atom stereocenters. The van der Waals surface area contributed by atoms with Gasteiger partial charge in [-0.05, 0) is 68.8 Å². The maximum atomic E-state index is 5.72. The number of nitrogens with zero attached hydrogens (tertiary/aromatic N) is 2. The second-order valence-electron chi connectivity index (χ2n) is 5.02. The van der Waals surface area contributed by atoms with Gasteiger partial charge in [0.15, 0.2) is 5.11 Å². The maximum Gasteiger partial charge on any atom is 0.184 e. The Morgan fingerprint density at radius 3 is 2.90 bits per heavy atom. The van der Waals surface area contributed by atoms with Crippen LogP contribution in [0.5, 0.6) is 5.75 Å². The Morgan fingerprint density at radius 1 is 1.48 bits per heavy atom. The average molecular weight is 306 g/mol. The van der Waals surface area contributed by atoms with E-state index >= 15 is 0 Å². The molecule has 0 amide bonds. The van der Waals surface area contributed by atoms with Crippen molar-refractivity contribution in [2.75, 3.05) is 19.7 Å². The van der Waals surface area contributed by atoms with Gasteiger partial charge in [-0.2, -0.15) is 5.10 Å². The van der Waals surface area contributed by atoms with Crippen molar-refractivity contribution in [2.45, 2.75) is 26.3 Å². The minimum absolute atomic E-state index is 0.162. The summed E-state index contributed by atoms with van der Waals surface area (Å²) in [5, 5.41) is 4.16. The molecule has 0 spiro atoms. The molecule has 6 heteroatoms. The van der Waals surface area contributed by atoms with Crippen molar-refractivity contribution in [1.82, 2.24) is 10.3 Å². The molecule has 0 aliphatic carbocycles. The molecule has 1 heterocycles. The first kappa shape index (κ1) is 15.7. The number of ether oxygens (including phenoxy) is 1. The summed E-state index contributed by atoms with van der Waals surface area (Å²) >= 11 is 4.71. The summed E-state index contributed by atoms with van der Waals surface area (Å²) in [6.45, 7) is 5.91. The van der Waals surface area contributed by atoms with Crippen LogP contribution in [0.1, 0.15) is 30.9 Å². The van der Waals surface area contributed by atoms with Crippen LogP contribution in [0, 0.1) is 0 Å². The molecular formula is C15H22N4OS. The van der Waals surface area contributed by atoms with Crippen LogP contribution in [-0.2, 0) is 6.54 Å². The summed E-state index contributed by atoms with van der Waals surface area (Å²) in [7, 11) is 0. The van der Waals surface area contributed by atoms with E-state index in [0.717, 1.165) is 30.9 Å². The number of thiocarbonyl (C=S) groups is 1. The summed E-state index contributed by atoms with van der Waals surface area (Å²) in [6.07, 6.45) is 4.27. The minimum atomic E-state index is 0.162. The third kappa shape index (κ3) is 4.99. The SMILES string of the molecule is CCOc1ccc(C=NNC(N)=S)cc1CN1CCCC1. The summed E-state index contributed by atoms with van der Waals surface area (Å²) in [5.74, 6) is 0.948. The Balaban J connectivity index is 2.12. The lowest BCUT2D eigenvalue weighted by Gasteiger charge is -2.18. The fourth-order valence-electron chi connectivity index (χ4n) is 2.45. The molecule has 1 aliphatic rings. The van der Waals surface area contributed by atoms with Gasteiger partial charge in [0, 0.05) is 12.1 Å². The lowest BCUT2D eigenvalue weighted by atomic mass is 10.1. The molecule has 1 fully saturated rings. The molecule has 21 heavy (non-hydrogen) atoms.